The summed E-state index contributed by atoms with van der Waals surface area (Å²) in [5, 5.41) is 10.4. The van der Waals surface area contributed by atoms with Crippen LogP contribution in [0.1, 0.15) is 12.0 Å². The van der Waals surface area contributed by atoms with Crippen molar-refractivity contribution in [1.29, 1.82) is 0 Å². The third-order valence-corrected chi connectivity index (χ3v) is 3.77. The van der Waals surface area contributed by atoms with Crippen LogP contribution in [0.25, 0.3) is 0 Å². The van der Waals surface area contributed by atoms with Gasteiger partial charge in [-0.15, -0.1) is 0 Å². The van der Waals surface area contributed by atoms with Gasteiger partial charge in [0.1, 0.15) is 0 Å². The first-order valence-corrected chi connectivity index (χ1v) is 6.66. The van der Waals surface area contributed by atoms with Gasteiger partial charge in [0.05, 0.1) is 22.7 Å². The van der Waals surface area contributed by atoms with Crippen LogP contribution in [-0.2, 0) is 11.2 Å². The molecule has 18 heavy (non-hydrogen) atoms. The predicted octanol–water partition coefficient (Wildman–Crippen LogP) is 2.17. The number of carbonyl (C=O) groups excluding carboxylic acids is 1. The number of hydrogen-bond donors (Lipinski definition) is 1. The molecular formula is C13H15Cl2NO2. The Morgan fingerprint density at radius 2 is 2.17 bits per heavy atom. The lowest BCUT2D eigenvalue weighted by Gasteiger charge is -2.13. The number of Topliss-reactive ketones (excluding diaryl/α,β-unsaturated/α-hetero) is 1. The second-order valence-corrected chi connectivity index (χ2v) is 5.46. The van der Waals surface area contributed by atoms with Crippen molar-refractivity contribution in [1.82, 2.24) is 4.90 Å². The van der Waals surface area contributed by atoms with Gasteiger partial charge in [0.2, 0.25) is 0 Å². The van der Waals surface area contributed by atoms with Crippen LogP contribution < -0.4 is 0 Å². The highest BCUT2D eigenvalue weighted by Crippen LogP contribution is 2.23. The summed E-state index contributed by atoms with van der Waals surface area (Å²) in [4.78, 5) is 13.8. The minimum absolute atomic E-state index is 0.127. The molecule has 0 aliphatic carbocycles. The van der Waals surface area contributed by atoms with Crippen molar-refractivity contribution < 1.29 is 9.90 Å². The summed E-state index contributed by atoms with van der Waals surface area (Å²) in [6.45, 7) is 1.76. The maximum absolute atomic E-state index is 11.9. The monoisotopic (exact) mass is 287 g/mol. The van der Waals surface area contributed by atoms with Crippen LogP contribution in [0.4, 0.5) is 0 Å². The van der Waals surface area contributed by atoms with Crippen molar-refractivity contribution in [2.45, 2.75) is 18.9 Å². The van der Waals surface area contributed by atoms with E-state index in [1.165, 1.54) is 0 Å². The number of rotatable bonds is 4. The van der Waals surface area contributed by atoms with Gasteiger partial charge in [0.25, 0.3) is 0 Å². The van der Waals surface area contributed by atoms with E-state index >= 15 is 0 Å². The summed E-state index contributed by atoms with van der Waals surface area (Å²) in [5.74, 6) is 0.127. The molecule has 1 N–H and O–H groups in total. The fourth-order valence-corrected chi connectivity index (χ4v) is 2.46. The summed E-state index contributed by atoms with van der Waals surface area (Å²) < 4.78 is 0. The second-order valence-electron chi connectivity index (χ2n) is 4.64. The highest BCUT2D eigenvalue weighted by Gasteiger charge is 2.21. The molecule has 1 heterocycles. The van der Waals surface area contributed by atoms with Gasteiger partial charge < -0.3 is 5.11 Å². The van der Waals surface area contributed by atoms with Crippen LogP contribution in [0.5, 0.6) is 0 Å². The van der Waals surface area contributed by atoms with Crippen molar-refractivity contribution in [3.05, 3.63) is 33.8 Å². The summed E-state index contributed by atoms with van der Waals surface area (Å²) in [5.41, 5.74) is 0.870. The van der Waals surface area contributed by atoms with Crippen LogP contribution in [0, 0.1) is 0 Å². The molecule has 0 radical (unpaired) electrons. The smallest absolute Gasteiger partial charge is 0.151 e. The number of aliphatic hydroxyl groups excluding tert-OH is 1. The van der Waals surface area contributed by atoms with Gasteiger partial charge >= 0.3 is 0 Å². The SMILES string of the molecule is O=C(Cc1ccc(Cl)c(Cl)c1)CN1CCC(O)C1. The van der Waals surface area contributed by atoms with Crippen LogP contribution in [0.15, 0.2) is 18.2 Å². The molecule has 1 aliphatic rings. The molecule has 5 heteroatoms. The number of carbonyl (C=O) groups is 1. The minimum atomic E-state index is -0.289. The first kappa shape index (κ1) is 13.8. The molecule has 1 aromatic rings. The van der Waals surface area contributed by atoms with Crippen molar-refractivity contribution >= 4 is 29.0 Å². The van der Waals surface area contributed by atoms with Crippen LogP contribution in [-0.4, -0.2) is 41.5 Å². The molecule has 2 rings (SSSR count). The molecule has 1 atom stereocenters. The van der Waals surface area contributed by atoms with E-state index in [0.717, 1.165) is 18.5 Å². The third kappa shape index (κ3) is 3.69. The standard InChI is InChI=1S/C13H15Cl2NO2/c14-12-2-1-9(6-13(12)15)5-11(18)8-16-4-3-10(17)7-16/h1-2,6,10,17H,3-5,7-8H2. The molecule has 1 saturated heterocycles. The molecule has 0 aromatic heterocycles. The van der Waals surface area contributed by atoms with Crippen molar-refractivity contribution in [2.24, 2.45) is 0 Å². The summed E-state index contributed by atoms with van der Waals surface area (Å²) in [7, 11) is 0. The van der Waals surface area contributed by atoms with Crippen molar-refractivity contribution in [2.75, 3.05) is 19.6 Å². The van der Waals surface area contributed by atoms with Gasteiger partial charge in [-0.1, -0.05) is 29.3 Å². The number of benzene rings is 1. The Kier molecular flexibility index (Phi) is 4.62. The van der Waals surface area contributed by atoms with Gasteiger partial charge in [0, 0.05) is 19.5 Å². The van der Waals surface area contributed by atoms with E-state index in [4.69, 9.17) is 23.2 Å². The van der Waals surface area contributed by atoms with E-state index in [1.807, 2.05) is 11.0 Å². The molecule has 0 amide bonds. The molecule has 98 valence electrons. The molecule has 1 fully saturated rings. The predicted molar refractivity (Wildman–Crippen MR) is 72.2 cm³/mol. The number of β-amino-alcohol motifs (C(OH)–C–C–N with tert-alkyl or cyclic N) is 1. The highest BCUT2D eigenvalue weighted by atomic mass is 35.5. The Morgan fingerprint density at radius 1 is 1.39 bits per heavy atom. The van der Waals surface area contributed by atoms with Gasteiger partial charge in [-0.25, -0.2) is 0 Å². The number of halogens is 2. The van der Waals surface area contributed by atoms with E-state index < -0.39 is 0 Å². The fraction of sp³-hybridized carbons (Fsp3) is 0.462. The van der Waals surface area contributed by atoms with Crippen molar-refractivity contribution in [3.63, 3.8) is 0 Å². The molecule has 0 saturated carbocycles. The Balaban J connectivity index is 1.89. The van der Waals surface area contributed by atoms with Crippen LogP contribution in [0.3, 0.4) is 0 Å². The van der Waals surface area contributed by atoms with E-state index in [2.05, 4.69) is 0 Å². The zero-order valence-electron chi connectivity index (χ0n) is 9.90. The van der Waals surface area contributed by atoms with E-state index in [1.54, 1.807) is 12.1 Å². The zero-order chi connectivity index (χ0) is 13.1. The van der Waals surface area contributed by atoms with Crippen LogP contribution >= 0.6 is 23.2 Å². The molecular weight excluding hydrogens is 273 g/mol. The lowest BCUT2D eigenvalue weighted by atomic mass is 10.1. The highest BCUT2D eigenvalue weighted by molar-refractivity contribution is 6.42. The largest absolute Gasteiger partial charge is 0.392 e. The molecule has 3 nitrogen and oxygen atoms in total. The Morgan fingerprint density at radius 3 is 2.78 bits per heavy atom. The lowest BCUT2D eigenvalue weighted by molar-refractivity contribution is -0.119. The normalized spacial score (nSPS) is 20.3. The maximum atomic E-state index is 11.9. The number of hydrogen-bond acceptors (Lipinski definition) is 3. The first-order chi connectivity index (χ1) is 8.54. The average Bonchev–Trinajstić information content (AvgIpc) is 2.69. The first-order valence-electron chi connectivity index (χ1n) is 5.90. The van der Waals surface area contributed by atoms with E-state index in [0.29, 0.717) is 29.6 Å². The van der Waals surface area contributed by atoms with Gasteiger partial charge in [0.15, 0.2) is 5.78 Å². The fourth-order valence-electron chi connectivity index (χ4n) is 2.14. The van der Waals surface area contributed by atoms with Gasteiger partial charge in [-0.2, -0.15) is 0 Å². The summed E-state index contributed by atoms with van der Waals surface area (Å²) in [6.07, 6.45) is 0.812. The molecule has 0 spiro atoms. The van der Waals surface area contributed by atoms with Gasteiger partial charge in [-0.3, -0.25) is 9.69 Å². The number of nitrogens with zero attached hydrogens (tertiary/aromatic N) is 1. The minimum Gasteiger partial charge on any atom is -0.392 e. The summed E-state index contributed by atoms with van der Waals surface area (Å²) >= 11 is 11.7. The topological polar surface area (TPSA) is 40.5 Å². The number of aliphatic hydroxyl groups is 1. The molecule has 0 bridgehead atoms. The number of ketones is 1. The zero-order valence-corrected chi connectivity index (χ0v) is 11.4. The molecule has 1 unspecified atom stereocenters. The Hall–Kier alpha value is -0.610. The second kappa shape index (κ2) is 6.02. The molecule has 1 aliphatic heterocycles. The van der Waals surface area contributed by atoms with Crippen molar-refractivity contribution in [3.8, 4) is 0 Å². The maximum Gasteiger partial charge on any atom is 0.151 e. The Bertz CT molecular complexity index is 451. The van der Waals surface area contributed by atoms with Gasteiger partial charge in [-0.05, 0) is 24.1 Å². The Labute approximate surface area is 116 Å². The third-order valence-electron chi connectivity index (χ3n) is 3.03. The molecule has 1 aromatic carbocycles. The van der Waals surface area contributed by atoms with Crippen LogP contribution in [0.2, 0.25) is 10.0 Å². The lowest BCUT2D eigenvalue weighted by Crippen LogP contribution is -2.29. The summed E-state index contributed by atoms with van der Waals surface area (Å²) in [6, 6.07) is 5.23. The average molecular weight is 288 g/mol. The number of likely N-dealkylation sites (tertiary alicyclic amines) is 1. The van der Waals surface area contributed by atoms with E-state index in [9.17, 15) is 9.90 Å². The quantitative estimate of drug-likeness (QED) is 0.923. The van der Waals surface area contributed by atoms with E-state index in [-0.39, 0.29) is 11.9 Å².